The Morgan fingerprint density at radius 1 is 0.264 bits per heavy atom. The summed E-state index contributed by atoms with van der Waals surface area (Å²) in [7, 11) is 0. The third kappa shape index (κ3) is 58.8. The number of hydrogen-bond donors (Lipinski definition) is 0. The normalized spacial score (nSPS) is 12.1. The number of hydrogen-bond acceptors (Lipinski definition) is 6. The maximum absolute atomic E-state index is 12.9. The second kappa shape index (κ2) is 61.4. The predicted octanol–water partition coefficient (Wildman–Crippen LogP) is 21.8. The van der Waals surface area contributed by atoms with Crippen molar-refractivity contribution >= 4 is 17.9 Å². The first-order valence-electron chi connectivity index (χ1n) is 32.3. The van der Waals surface area contributed by atoms with Gasteiger partial charge in [0.25, 0.3) is 0 Å². The molecule has 0 aromatic rings. The first-order chi connectivity index (χ1) is 35.5. The summed E-state index contributed by atoms with van der Waals surface area (Å²) >= 11 is 0. The molecular formula is C66H124O6. The Morgan fingerprint density at radius 3 is 0.694 bits per heavy atom. The van der Waals surface area contributed by atoms with E-state index in [1.807, 2.05) is 0 Å². The monoisotopic (exact) mass is 1010 g/mol. The lowest BCUT2D eigenvalue weighted by Gasteiger charge is -2.18. The van der Waals surface area contributed by atoms with Crippen LogP contribution in [0.3, 0.4) is 0 Å². The lowest BCUT2D eigenvalue weighted by molar-refractivity contribution is -0.167. The fourth-order valence-electron chi connectivity index (χ4n) is 9.79. The zero-order chi connectivity index (χ0) is 52.2. The van der Waals surface area contributed by atoms with Gasteiger partial charge in [-0.05, 0) is 70.6 Å². The highest BCUT2D eigenvalue weighted by molar-refractivity contribution is 5.71. The molecule has 0 N–H and O–H groups in total. The highest BCUT2D eigenvalue weighted by Gasteiger charge is 2.19. The van der Waals surface area contributed by atoms with Crippen LogP contribution in [0.5, 0.6) is 0 Å². The van der Waals surface area contributed by atoms with Crippen molar-refractivity contribution in [1.29, 1.82) is 0 Å². The topological polar surface area (TPSA) is 78.9 Å². The van der Waals surface area contributed by atoms with Crippen molar-refractivity contribution in [2.24, 2.45) is 0 Å². The fourth-order valence-corrected chi connectivity index (χ4v) is 9.79. The number of rotatable bonds is 60. The van der Waals surface area contributed by atoms with Crippen molar-refractivity contribution < 1.29 is 28.6 Å². The SMILES string of the molecule is CCCCCCCCCC/C=C\CCCCCCCCCCCCCC(=O)OCC(COC(=O)CCCCCCCCCC)OC(=O)CCCCCCCCCCCCC/C=C\CCCCCCCCCC. The Bertz CT molecular complexity index is 1160. The number of carbonyl (C=O) groups excluding carboxylic acids is 3. The lowest BCUT2D eigenvalue weighted by Crippen LogP contribution is -2.30. The highest BCUT2D eigenvalue weighted by atomic mass is 16.6. The van der Waals surface area contributed by atoms with Gasteiger partial charge in [-0.25, -0.2) is 0 Å². The molecule has 0 aliphatic heterocycles. The van der Waals surface area contributed by atoms with E-state index in [0.717, 1.165) is 57.8 Å². The maximum atomic E-state index is 12.9. The first kappa shape index (κ1) is 69.9. The standard InChI is InChI=1S/C66H124O6/c1-4-7-10-13-16-19-21-23-25-27-29-31-33-35-37-39-41-43-45-47-50-53-56-59-65(68)71-62-63(61-70-64(67)58-55-52-49-18-15-12-9-6-3)72-66(69)60-57-54-51-48-46-44-42-40-38-36-34-32-30-28-26-24-22-20-17-14-11-8-5-2/h27-30,63H,4-26,31-62H2,1-3H3/b29-27-,30-28-. The minimum atomic E-state index is -0.767. The summed E-state index contributed by atoms with van der Waals surface area (Å²) in [5.74, 6) is -0.850. The number of carbonyl (C=O) groups is 3. The van der Waals surface area contributed by atoms with Gasteiger partial charge in [0.05, 0.1) is 0 Å². The second-order valence-corrected chi connectivity index (χ2v) is 22.0. The van der Waals surface area contributed by atoms with E-state index in [2.05, 4.69) is 45.1 Å². The van der Waals surface area contributed by atoms with E-state index in [1.165, 1.54) is 263 Å². The minimum Gasteiger partial charge on any atom is -0.462 e. The van der Waals surface area contributed by atoms with Gasteiger partial charge in [0.1, 0.15) is 13.2 Å². The van der Waals surface area contributed by atoms with Gasteiger partial charge in [0.15, 0.2) is 6.10 Å². The molecule has 0 aliphatic rings. The van der Waals surface area contributed by atoms with Crippen molar-refractivity contribution in [3.05, 3.63) is 24.3 Å². The largest absolute Gasteiger partial charge is 0.462 e. The van der Waals surface area contributed by atoms with Gasteiger partial charge in [0.2, 0.25) is 0 Å². The molecule has 0 aromatic heterocycles. The van der Waals surface area contributed by atoms with Gasteiger partial charge in [-0.2, -0.15) is 0 Å². The van der Waals surface area contributed by atoms with Gasteiger partial charge in [-0.1, -0.05) is 295 Å². The Labute approximate surface area is 449 Å². The van der Waals surface area contributed by atoms with Crippen LogP contribution in [0.25, 0.3) is 0 Å². The summed E-state index contributed by atoms with van der Waals surface area (Å²) in [6.07, 6.45) is 73.5. The maximum Gasteiger partial charge on any atom is 0.306 e. The third-order valence-electron chi connectivity index (χ3n) is 14.7. The molecule has 0 bridgehead atoms. The molecule has 0 aromatic carbocycles. The highest BCUT2D eigenvalue weighted by Crippen LogP contribution is 2.17. The van der Waals surface area contributed by atoms with E-state index in [-0.39, 0.29) is 31.1 Å². The number of ether oxygens (including phenoxy) is 3. The molecular weight excluding hydrogens is 889 g/mol. The summed E-state index contributed by atoms with van der Waals surface area (Å²) in [6, 6.07) is 0. The van der Waals surface area contributed by atoms with Crippen LogP contribution in [0.4, 0.5) is 0 Å². The van der Waals surface area contributed by atoms with Crippen LogP contribution in [-0.2, 0) is 28.6 Å². The van der Waals surface area contributed by atoms with Gasteiger partial charge in [-0.3, -0.25) is 14.4 Å². The van der Waals surface area contributed by atoms with Gasteiger partial charge < -0.3 is 14.2 Å². The summed E-state index contributed by atoms with van der Waals surface area (Å²) < 4.78 is 16.9. The predicted molar refractivity (Wildman–Crippen MR) is 312 cm³/mol. The van der Waals surface area contributed by atoms with Gasteiger partial charge in [0, 0.05) is 19.3 Å². The van der Waals surface area contributed by atoms with Crippen LogP contribution in [0, 0.1) is 0 Å². The molecule has 0 heterocycles. The van der Waals surface area contributed by atoms with Crippen molar-refractivity contribution in [3.8, 4) is 0 Å². The summed E-state index contributed by atoms with van der Waals surface area (Å²) in [5, 5.41) is 0. The molecule has 1 atom stereocenters. The molecule has 0 aliphatic carbocycles. The Hall–Kier alpha value is -2.11. The molecule has 6 nitrogen and oxygen atoms in total. The van der Waals surface area contributed by atoms with Crippen molar-refractivity contribution in [2.75, 3.05) is 13.2 Å². The summed E-state index contributed by atoms with van der Waals surface area (Å²) in [5.41, 5.74) is 0. The van der Waals surface area contributed by atoms with Crippen molar-refractivity contribution in [3.63, 3.8) is 0 Å². The average molecular weight is 1010 g/mol. The molecule has 424 valence electrons. The van der Waals surface area contributed by atoms with Crippen LogP contribution in [0.1, 0.15) is 361 Å². The van der Waals surface area contributed by atoms with Crippen molar-refractivity contribution in [1.82, 2.24) is 0 Å². The van der Waals surface area contributed by atoms with Crippen LogP contribution < -0.4 is 0 Å². The zero-order valence-electron chi connectivity index (χ0n) is 48.7. The van der Waals surface area contributed by atoms with E-state index >= 15 is 0 Å². The summed E-state index contributed by atoms with van der Waals surface area (Å²) in [6.45, 7) is 6.67. The quantitative estimate of drug-likeness (QED) is 0.0261. The Balaban J connectivity index is 4.13. The van der Waals surface area contributed by atoms with E-state index in [9.17, 15) is 14.4 Å². The molecule has 72 heavy (non-hydrogen) atoms. The van der Waals surface area contributed by atoms with Crippen LogP contribution in [0.15, 0.2) is 24.3 Å². The molecule has 6 heteroatoms. The molecule has 0 amide bonds. The summed E-state index contributed by atoms with van der Waals surface area (Å²) in [4.78, 5) is 38.1. The first-order valence-corrected chi connectivity index (χ1v) is 32.3. The lowest BCUT2D eigenvalue weighted by atomic mass is 10.0. The molecule has 0 spiro atoms. The fraction of sp³-hybridized carbons (Fsp3) is 0.894. The van der Waals surface area contributed by atoms with E-state index in [0.29, 0.717) is 19.3 Å². The Kier molecular flexibility index (Phi) is 59.6. The van der Waals surface area contributed by atoms with Crippen LogP contribution in [0.2, 0.25) is 0 Å². The van der Waals surface area contributed by atoms with E-state index in [4.69, 9.17) is 14.2 Å². The molecule has 0 fully saturated rings. The number of unbranched alkanes of at least 4 members (excludes halogenated alkanes) is 45. The molecule has 0 saturated carbocycles. The number of esters is 3. The zero-order valence-corrected chi connectivity index (χ0v) is 48.7. The van der Waals surface area contributed by atoms with E-state index < -0.39 is 6.10 Å². The molecule has 0 saturated heterocycles. The average Bonchev–Trinajstić information content (AvgIpc) is 3.38. The third-order valence-corrected chi connectivity index (χ3v) is 14.7. The second-order valence-electron chi connectivity index (χ2n) is 22.0. The van der Waals surface area contributed by atoms with Crippen LogP contribution in [-0.4, -0.2) is 37.2 Å². The molecule has 0 radical (unpaired) electrons. The van der Waals surface area contributed by atoms with Gasteiger partial charge >= 0.3 is 17.9 Å². The molecule has 0 rings (SSSR count). The number of allylic oxidation sites excluding steroid dienone is 4. The van der Waals surface area contributed by atoms with E-state index in [1.54, 1.807) is 0 Å². The molecule has 1 unspecified atom stereocenters. The Morgan fingerprint density at radius 2 is 0.458 bits per heavy atom. The van der Waals surface area contributed by atoms with Gasteiger partial charge in [-0.15, -0.1) is 0 Å². The van der Waals surface area contributed by atoms with Crippen LogP contribution >= 0.6 is 0 Å². The van der Waals surface area contributed by atoms with Crippen molar-refractivity contribution in [2.45, 2.75) is 367 Å². The minimum absolute atomic E-state index is 0.0673. The smallest absolute Gasteiger partial charge is 0.306 e.